The Morgan fingerprint density at radius 3 is 2.19 bits per heavy atom. The smallest absolute Gasteiger partial charge is 0.209 e. The van der Waals surface area contributed by atoms with E-state index in [9.17, 15) is 8.78 Å². The number of hydrogen-bond donors (Lipinski definition) is 0. The Kier molecular flexibility index (Phi) is 3.15. The van der Waals surface area contributed by atoms with Gasteiger partial charge in [-0.2, -0.15) is 8.78 Å². The summed E-state index contributed by atoms with van der Waals surface area (Å²) in [5.41, 5.74) is -0.169. The van der Waals surface area contributed by atoms with Gasteiger partial charge in [0.25, 0.3) is 0 Å². The molecule has 0 spiro atoms. The maximum absolute atomic E-state index is 14.3. The molecule has 0 saturated carbocycles. The predicted molar refractivity (Wildman–Crippen MR) is 74.3 cm³/mol. The highest BCUT2D eigenvalue weighted by Crippen LogP contribution is 2.37. The van der Waals surface area contributed by atoms with Gasteiger partial charge in [-0.15, -0.1) is 0 Å². The molecule has 2 aromatic carbocycles. The number of fused-ring (bicyclic) bond motifs is 3. The van der Waals surface area contributed by atoms with Crippen LogP contribution in [-0.2, 0) is 0 Å². The van der Waals surface area contributed by atoms with Crippen molar-refractivity contribution in [1.82, 2.24) is 0 Å². The summed E-state index contributed by atoms with van der Waals surface area (Å²) in [6.45, 7) is 2.06. The lowest BCUT2D eigenvalue weighted by molar-refractivity contribution is 0.321. The fraction of sp³-hybridized carbons (Fsp3) is 0.125. The third kappa shape index (κ3) is 1.96. The number of ether oxygens (including phenoxy) is 2. The summed E-state index contributed by atoms with van der Waals surface area (Å²) in [6.07, 6.45) is 6.86. The van der Waals surface area contributed by atoms with E-state index in [1.807, 2.05) is 6.11 Å². The van der Waals surface area contributed by atoms with Crippen LogP contribution in [0.15, 0.2) is 28.7 Å². The van der Waals surface area contributed by atoms with Gasteiger partial charge in [0.15, 0.2) is 22.7 Å². The topological polar surface area (TPSA) is 31.6 Å². The Morgan fingerprint density at radius 2 is 1.62 bits per heavy atom. The summed E-state index contributed by atoms with van der Waals surface area (Å²) in [6, 6.07) is 6.05. The van der Waals surface area contributed by atoms with Crippen LogP contribution >= 0.6 is 0 Å². The molecule has 0 amide bonds. The third-order valence-corrected chi connectivity index (χ3v) is 3.09. The van der Waals surface area contributed by atoms with E-state index in [0.717, 1.165) is 0 Å². The summed E-state index contributed by atoms with van der Waals surface area (Å²) in [7, 11) is 0. The number of terminal acetylenes is 1. The van der Waals surface area contributed by atoms with Crippen molar-refractivity contribution in [2.75, 3.05) is 6.61 Å². The SMILES string of the molecule is C#COc1ccc2c(oc3c(F)c(OCC)ccc32)c1F. The number of rotatable bonds is 3. The van der Waals surface area contributed by atoms with Crippen molar-refractivity contribution in [2.45, 2.75) is 6.92 Å². The van der Waals surface area contributed by atoms with E-state index >= 15 is 0 Å². The molecule has 0 atom stereocenters. The molecule has 0 saturated heterocycles. The Labute approximate surface area is 119 Å². The molecular weight excluding hydrogens is 278 g/mol. The van der Waals surface area contributed by atoms with Gasteiger partial charge in [-0.3, -0.25) is 0 Å². The Bertz CT molecular complexity index is 875. The first-order chi connectivity index (χ1) is 10.2. The van der Waals surface area contributed by atoms with Gasteiger partial charge >= 0.3 is 0 Å². The van der Waals surface area contributed by atoms with Crippen LogP contribution in [0, 0.1) is 24.2 Å². The normalized spacial score (nSPS) is 10.8. The zero-order valence-electron chi connectivity index (χ0n) is 11.1. The first-order valence-electron chi connectivity index (χ1n) is 6.25. The van der Waals surface area contributed by atoms with Crippen LogP contribution in [0.25, 0.3) is 21.9 Å². The van der Waals surface area contributed by atoms with Gasteiger partial charge in [0.05, 0.1) is 6.61 Å². The number of furan rings is 1. The predicted octanol–water partition coefficient (Wildman–Crippen LogP) is 4.23. The molecule has 0 aliphatic rings. The molecule has 21 heavy (non-hydrogen) atoms. The van der Waals surface area contributed by atoms with Gasteiger partial charge in [-0.05, 0) is 31.2 Å². The molecule has 5 heteroatoms. The van der Waals surface area contributed by atoms with E-state index < -0.39 is 11.6 Å². The Morgan fingerprint density at radius 1 is 1.05 bits per heavy atom. The maximum atomic E-state index is 14.3. The molecule has 0 unspecified atom stereocenters. The minimum atomic E-state index is -0.765. The van der Waals surface area contributed by atoms with Gasteiger partial charge < -0.3 is 13.9 Å². The molecule has 0 radical (unpaired) electrons. The number of benzene rings is 2. The average molecular weight is 288 g/mol. The highest BCUT2D eigenvalue weighted by atomic mass is 19.1. The molecule has 3 nitrogen and oxygen atoms in total. The molecule has 3 rings (SSSR count). The third-order valence-electron chi connectivity index (χ3n) is 3.09. The van der Waals surface area contributed by atoms with Crippen molar-refractivity contribution in [2.24, 2.45) is 0 Å². The summed E-state index contributed by atoms with van der Waals surface area (Å²) >= 11 is 0. The average Bonchev–Trinajstić information content (AvgIpc) is 2.86. The summed E-state index contributed by atoms with van der Waals surface area (Å²) in [5, 5.41) is 0.894. The van der Waals surface area contributed by atoms with E-state index in [2.05, 4.69) is 0 Å². The number of hydrogen-bond acceptors (Lipinski definition) is 3. The molecule has 0 bridgehead atoms. The van der Waals surface area contributed by atoms with Gasteiger partial charge in [0, 0.05) is 10.8 Å². The van der Waals surface area contributed by atoms with Crippen molar-refractivity contribution in [3.8, 4) is 24.0 Å². The van der Waals surface area contributed by atoms with Crippen molar-refractivity contribution in [3.63, 3.8) is 0 Å². The molecule has 0 fully saturated rings. The number of halogens is 2. The fourth-order valence-electron chi connectivity index (χ4n) is 2.21. The van der Waals surface area contributed by atoms with Crippen LogP contribution in [0.5, 0.6) is 11.5 Å². The highest BCUT2D eigenvalue weighted by Gasteiger charge is 2.19. The molecular formula is C16H10F2O3. The second kappa shape index (κ2) is 4.98. The van der Waals surface area contributed by atoms with E-state index in [1.54, 1.807) is 19.1 Å². The van der Waals surface area contributed by atoms with E-state index in [-0.39, 0.29) is 22.7 Å². The van der Waals surface area contributed by atoms with Crippen LogP contribution < -0.4 is 9.47 Å². The first-order valence-corrected chi connectivity index (χ1v) is 6.25. The van der Waals surface area contributed by atoms with E-state index in [4.69, 9.17) is 20.3 Å². The molecule has 3 aromatic rings. The standard InChI is InChI=1S/C16H10F2O3/c1-3-19-11-7-5-9-10-6-8-12(20-4-2)14(18)16(10)21-15(9)13(11)17/h1,5-8H,4H2,2H3. The van der Waals surface area contributed by atoms with Crippen LogP contribution in [-0.4, -0.2) is 6.61 Å². The summed E-state index contributed by atoms with van der Waals surface area (Å²) < 4.78 is 43.6. The van der Waals surface area contributed by atoms with Crippen LogP contribution in [0.3, 0.4) is 0 Å². The van der Waals surface area contributed by atoms with E-state index in [1.165, 1.54) is 12.1 Å². The van der Waals surface area contributed by atoms with Crippen molar-refractivity contribution in [1.29, 1.82) is 0 Å². The quantitative estimate of drug-likeness (QED) is 0.676. The highest BCUT2D eigenvalue weighted by molar-refractivity contribution is 6.06. The van der Waals surface area contributed by atoms with Gasteiger partial charge in [-0.25, -0.2) is 0 Å². The molecule has 1 aromatic heterocycles. The monoisotopic (exact) mass is 288 g/mol. The van der Waals surface area contributed by atoms with Crippen molar-refractivity contribution < 1.29 is 22.7 Å². The van der Waals surface area contributed by atoms with Crippen molar-refractivity contribution >= 4 is 21.9 Å². The molecule has 1 heterocycles. The van der Waals surface area contributed by atoms with E-state index in [0.29, 0.717) is 17.4 Å². The van der Waals surface area contributed by atoms with Gasteiger partial charge in [0.1, 0.15) is 6.11 Å². The zero-order chi connectivity index (χ0) is 15.0. The van der Waals surface area contributed by atoms with Gasteiger partial charge in [-0.1, -0.05) is 6.42 Å². The van der Waals surface area contributed by atoms with Crippen molar-refractivity contribution in [3.05, 3.63) is 35.9 Å². The minimum Gasteiger partial charge on any atom is -0.491 e. The molecule has 0 aliphatic heterocycles. The maximum Gasteiger partial charge on any atom is 0.209 e. The molecule has 0 aliphatic carbocycles. The Balaban J connectivity index is 2.31. The van der Waals surface area contributed by atoms with Gasteiger partial charge in [0.2, 0.25) is 11.6 Å². The summed E-state index contributed by atoms with van der Waals surface area (Å²) in [4.78, 5) is 0. The Hall–Kier alpha value is -2.74. The van der Waals surface area contributed by atoms with Crippen LogP contribution in [0.2, 0.25) is 0 Å². The second-order valence-electron chi connectivity index (χ2n) is 4.26. The summed E-state index contributed by atoms with van der Waals surface area (Å²) in [5.74, 6) is -1.51. The first kappa shape index (κ1) is 13.3. The zero-order valence-corrected chi connectivity index (χ0v) is 11.1. The fourth-order valence-corrected chi connectivity index (χ4v) is 2.21. The lowest BCUT2D eigenvalue weighted by atomic mass is 10.1. The molecule has 0 N–H and O–H groups in total. The van der Waals surface area contributed by atoms with Crippen LogP contribution in [0.4, 0.5) is 8.78 Å². The largest absolute Gasteiger partial charge is 0.491 e. The second-order valence-corrected chi connectivity index (χ2v) is 4.26. The molecule has 106 valence electrons. The lowest BCUT2D eigenvalue weighted by Crippen LogP contribution is -1.94. The minimum absolute atomic E-state index is 0.0598. The van der Waals surface area contributed by atoms with Crippen LogP contribution in [0.1, 0.15) is 6.92 Å². The lowest BCUT2D eigenvalue weighted by Gasteiger charge is -2.03.